The van der Waals surface area contributed by atoms with Crippen molar-refractivity contribution in [1.29, 1.82) is 5.26 Å². The SMILES string of the molecule is C=CCn1c(SCC(=O)Nc2sc3c(c2C#N)CC[C@H](C)C3)nc2cc(C(=O)O)ccc2c1=O. The lowest BCUT2D eigenvalue weighted by atomic mass is 9.89. The van der Waals surface area contributed by atoms with Gasteiger partial charge in [0.1, 0.15) is 11.1 Å². The van der Waals surface area contributed by atoms with Crippen molar-refractivity contribution in [1.82, 2.24) is 9.55 Å². The van der Waals surface area contributed by atoms with Crippen molar-refractivity contribution in [2.24, 2.45) is 5.92 Å². The van der Waals surface area contributed by atoms with E-state index in [1.807, 2.05) is 0 Å². The summed E-state index contributed by atoms with van der Waals surface area (Å²) < 4.78 is 1.40. The first kappa shape index (κ1) is 23.7. The number of amides is 1. The molecule has 34 heavy (non-hydrogen) atoms. The number of hydrogen-bond acceptors (Lipinski definition) is 7. The van der Waals surface area contributed by atoms with Crippen LogP contribution in [0.3, 0.4) is 0 Å². The van der Waals surface area contributed by atoms with E-state index >= 15 is 0 Å². The quantitative estimate of drug-likeness (QED) is 0.288. The predicted molar refractivity (Wildman–Crippen MR) is 133 cm³/mol. The zero-order valence-corrected chi connectivity index (χ0v) is 20.1. The fourth-order valence-electron chi connectivity index (χ4n) is 3.98. The van der Waals surface area contributed by atoms with E-state index in [-0.39, 0.29) is 45.4 Å². The zero-order valence-electron chi connectivity index (χ0n) is 18.5. The number of hydrogen-bond donors (Lipinski definition) is 2. The number of rotatable bonds is 7. The molecule has 0 aliphatic heterocycles. The minimum Gasteiger partial charge on any atom is -0.478 e. The van der Waals surface area contributed by atoms with E-state index in [0.29, 0.717) is 16.5 Å². The Hall–Kier alpha value is -3.42. The lowest BCUT2D eigenvalue weighted by Gasteiger charge is -2.17. The molecule has 1 aromatic carbocycles. The number of allylic oxidation sites excluding steroid dienone is 1. The molecule has 0 fully saturated rings. The van der Waals surface area contributed by atoms with E-state index in [1.165, 1.54) is 34.1 Å². The number of carboxylic acid groups (broad SMARTS) is 1. The molecular weight excluding hydrogens is 472 g/mol. The molecule has 10 heteroatoms. The van der Waals surface area contributed by atoms with Crippen LogP contribution in [0.15, 0.2) is 40.8 Å². The molecule has 0 radical (unpaired) electrons. The molecule has 0 unspecified atom stereocenters. The summed E-state index contributed by atoms with van der Waals surface area (Å²) in [5, 5.41) is 22.9. The molecule has 1 atom stereocenters. The van der Waals surface area contributed by atoms with Gasteiger partial charge in [0.15, 0.2) is 5.16 Å². The fourth-order valence-corrected chi connectivity index (χ4v) is 6.17. The van der Waals surface area contributed by atoms with Gasteiger partial charge in [-0.2, -0.15) is 5.26 Å². The summed E-state index contributed by atoms with van der Waals surface area (Å²) in [6, 6.07) is 6.39. The number of carbonyl (C=O) groups excluding carboxylic acids is 1. The van der Waals surface area contributed by atoms with Crippen LogP contribution in [0.25, 0.3) is 10.9 Å². The average molecular weight is 495 g/mol. The van der Waals surface area contributed by atoms with Crippen LogP contribution < -0.4 is 10.9 Å². The van der Waals surface area contributed by atoms with Crippen molar-refractivity contribution in [3.8, 4) is 6.07 Å². The summed E-state index contributed by atoms with van der Waals surface area (Å²) >= 11 is 2.53. The Morgan fingerprint density at radius 1 is 1.47 bits per heavy atom. The van der Waals surface area contributed by atoms with Gasteiger partial charge in [0, 0.05) is 11.4 Å². The highest BCUT2D eigenvalue weighted by Crippen LogP contribution is 2.39. The van der Waals surface area contributed by atoms with Gasteiger partial charge < -0.3 is 10.4 Å². The number of benzene rings is 1. The molecule has 3 aromatic rings. The van der Waals surface area contributed by atoms with Crippen molar-refractivity contribution in [2.75, 3.05) is 11.1 Å². The molecule has 1 aliphatic carbocycles. The number of carboxylic acids is 1. The van der Waals surface area contributed by atoms with Gasteiger partial charge in [-0.15, -0.1) is 17.9 Å². The van der Waals surface area contributed by atoms with Crippen LogP contribution in [-0.4, -0.2) is 32.3 Å². The summed E-state index contributed by atoms with van der Waals surface area (Å²) in [5.41, 5.74) is 1.52. The molecule has 2 heterocycles. The van der Waals surface area contributed by atoms with E-state index in [2.05, 4.69) is 29.9 Å². The van der Waals surface area contributed by atoms with Crippen LogP contribution in [0.4, 0.5) is 5.00 Å². The number of nitrogens with one attached hydrogen (secondary N) is 1. The van der Waals surface area contributed by atoms with Crippen LogP contribution in [0.5, 0.6) is 0 Å². The van der Waals surface area contributed by atoms with Gasteiger partial charge in [-0.05, 0) is 48.9 Å². The van der Waals surface area contributed by atoms with Gasteiger partial charge in [-0.1, -0.05) is 24.8 Å². The smallest absolute Gasteiger partial charge is 0.335 e. The Morgan fingerprint density at radius 2 is 2.26 bits per heavy atom. The predicted octanol–water partition coefficient (Wildman–Crippen LogP) is 4.07. The summed E-state index contributed by atoms with van der Waals surface area (Å²) in [4.78, 5) is 42.6. The Labute approximate surface area is 203 Å². The number of thioether (sulfide) groups is 1. The van der Waals surface area contributed by atoms with Crippen molar-refractivity contribution >= 4 is 50.9 Å². The average Bonchev–Trinajstić information content (AvgIpc) is 3.15. The molecular formula is C24H22N4O4S2. The molecule has 1 aliphatic rings. The third-order valence-electron chi connectivity index (χ3n) is 5.69. The summed E-state index contributed by atoms with van der Waals surface area (Å²) in [6.45, 7) is 6.06. The van der Waals surface area contributed by atoms with Crippen LogP contribution in [0.2, 0.25) is 0 Å². The second-order valence-electron chi connectivity index (χ2n) is 8.14. The largest absolute Gasteiger partial charge is 0.478 e. The van der Waals surface area contributed by atoms with E-state index in [9.17, 15) is 24.8 Å². The van der Waals surface area contributed by atoms with Gasteiger partial charge in [-0.3, -0.25) is 14.2 Å². The highest BCUT2D eigenvalue weighted by Gasteiger charge is 2.25. The Balaban J connectivity index is 1.58. The van der Waals surface area contributed by atoms with E-state index in [1.54, 1.807) is 6.08 Å². The highest BCUT2D eigenvalue weighted by molar-refractivity contribution is 7.99. The monoisotopic (exact) mass is 494 g/mol. The first-order chi connectivity index (χ1) is 16.3. The minimum absolute atomic E-state index is 0.0228. The normalized spacial score (nSPS) is 14.9. The first-order valence-corrected chi connectivity index (χ1v) is 12.5. The van der Waals surface area contributed by atoms with E-state index in [4.69, 9.17) is 0 Å². The van der Waals surface area contributed by atoms with Crippen molar-refractivity contribution in [2.45, 2.75) is 37.9 Å². The van der Waals surface area contributed by atoms with Crippen LogP contribution in [-0.2, 0) is 24.2 Å². The maximum Gasteiger partial charge on any atom is 0.335 e. The number of nitriles is 1. The number of aromatic carboxylic acids is 1. The Kier molecular flexibility index (Phi) is 6.86. The Bertz CT molecular complexity index is 1420. The molecule has 1 amide bonds. The lowest BCUT2D eigenvalue weighted by molar-refractivity contribution is -0.113. The van der Waals surface area contributed by atoms with Crippen LogP contribution >= 0.6 is 23.1 Å². The standard InChI is InChI=1S/C24H22N4O4S2/c1-3-8-28-22(30)16-7-5-14(23(31)32)10-18(16)26-24(28)33-12-20(29)27-21-17(11-25)15-6-4-13(2)9-19(15)34-21/h3,5,7,10,13H,1,4,6,8-9,12H2,2H3,(H,27,29)(H,31,32)/t13-/m0/s1. The number of carbonyl (C=O) groups is 2. The fraction of sp³-hybridized carbons (Fsp3) is 0.292. The second-order valence-corrected chi connectivity index (χ2v) is 10.2. The van der Waals surface area contributed by atoms with Crippen LogP contribution in [0.1, 0.15) is 39.7 Å². The Morgan fingerprint density at radius 3 is 2.97 bits per heavy atom. The van der Waals surface area contributed by atoms with Gasteiger partial charge in [0.2, 0.25) is 5.91 Å². The second kappa shape index (κ2) is 9.83. The topological polar surface area (TPSA) is 125 Å². The van der Waals surface area contributed by atoms with E-state index < -0.39 is 5.97 Å². The molecule has 4 rings (SSSR count). The first-order valence-electron chi connectivity index (χ1n) is 10.7. The number of nitrogens with zero attached hydrogens (tertiary/aromatic N) is 3. The molecule has 0 spiro atoms. The number of thiophene rings is 1. The lowest BCUT2D eigenvalue weighted by Crippen LogP contribution is -2.24. The molecule has 2 aromatic heterocycles. The molecule has 0 bridgehead atoms. The maximum absolute atomic E-state index is 13.0. The van der Waals surface area contributed by atoms with Gasteiger partial charge >= 0.3 is 5.97 Å². The number of anilines is 1. The van der Waals surface area contributed by atoms with Gasteiger partial charge in [0.05, 0.1) is 27.8 Å². The van der Waals surface area contributed by atoms with Gasteiger partial charge in [0.25, 0.3) is 5.56 Å². The van der Waals surface area contributed by atoms with Crippen molar-refractivity contribution in [3.63, 3.8) is 0 Å². The minimum atomic E-state index is -1.12. The number of fused-ring (bicyclic) bond motifs is 2. The third kappa shape index (κ3) is 4.62. The van der Waals surface area contributed by atoms with Crippen molar-refractivity contribution < 1.29 is 14.7 Å². The summed E-state index contributed by atoms with van der Waals surface area (Å²) in [7, 11) is 0. The van der Waals surface area contributed by atoms with E-state index in [0.717, 1.165) is 41.5 Å². The van der Waals surface area contributed by atoms with Crippen molar-refractivity contribution in [3.05, 3.63) is 62.8 Å². The third-order valence-corrected chi connectivity index (χ3v) is 7.83. The molecule has 8 nitrogen and oxygen atoms in total. The molecule has 0 saturated heterocycles. The molecule has 174 valence electrons. The zero-order chi connectivity index (χ0) is 24.4. The highest BCUT2D eigenvalue weighted by atomic mass is 32.2. The summed E-state index contributed by atoms with van der Waals surface area (Å²) in [6.07, 6.45) is 4.33. The van der Waals surface area contributed by atoms with Gasteiger partial charge in [-0.25, -0.2) is 9.78 Å². The summed E-state index contributed by atoms with van der Waals surface area (Å²) in [5.74, 6) is -0.905. The molecule has 2 N–H and O–H groups in total. The molecule has 0 saturated carbocycles. The van der Waals surface area contributed by atoms with Crippen LogP contribution in [0, 0.1) is 17.2 Å². The maximum atomic E-state index is 13.0. The number of aromatic nitrogens is 2.